The summed E-state index contributed by atoms with van der Waals surface area (Å²) in [4.78, 5) is 16.0. The van der Waals surface area contributed by atoms with Crippen LogP contribution < -0.4 is 0 Å². The Labute approximate surface area is 328 Å². The molecule has 10 rings (SSSR count). The van der Waals surface area contributed by atoms with Crippen molar-refractivity contribution >= 4 is 11.1 Å². The normalized spacial score (nSPS) is 18.6. The molecule has 56 heavy (non-hydrogen) atoms. The molecule has 0 amide bonds. The lowest BCUT2D eigenvalue weighted by atomic mass is 9.68. The van der Waals surface area contributed by atoms with E-state index in [9.17, 15) is 0 Å². The summed E-state index contributed by atoms with van der Waals surface area (Å²) >= 11 is 0. The number of hydrogen-bond donors (Lipinski definition) is 0. The van der Waals surface area contributed by atoms with Crippen LogP contribution in [0, 0.1) is 5.92 Å². The summed E-state index contributed by atoms with van der Waals surface area (Å²) in [6.07, 6.45) is 9.98. The fourth-order valence-corrected chi connectivity index (χ4v) is 9.17. The minimum atomic E-state index is -0.530. The van der Waals surface area contributed by atoms with Crippen LogP contribution in [0.25, 0.3) is 67.6 Å². The van der Waals surface area contributed by atoms with Gasteiger partial charge < -0.3 is 0 Å². The SMILES string of the molecule is C=C/C=C1\C(=C)c2ccccc2C12C1=CCC(C)C=C1c1ccc(-c3nc(-c4ccccc4-c4ccccc4)nc(-c4ccccc4-c4ccccc4)n3)cc12. The first-order chi connectivity index (χ1) is 27.6. The lowest BCUT2D eigenvalue weighted by Gasteiger charge is -2.32. The van der Waals surface area contributed by atoms with Crippen molar-refractivity contribution in [2.45, 2.75) is 18.8 Å². The first kappa shape index (κ1) is 33.6. The molecule has 3 aliphatic rings. The van der Waals surface area contributed by atoms with E-state index in [2.05, 4.69) is 178 Å². The average Bonchev–Trinajstić information content (AvgIpc) is 3.68. The van der Waals surface area contributed by atoms with Crippen LogP contribution >= 0.6 is 0 Å². The van der Waals surface area contributed by atoms with Gasteiger partial charge in [-0.15, -0.1) is 0 Å². The van der Waals surface area contributed by atoms with Crippen molar-refractivity contribution in [2.24, 2.45) is 5.92 Å². The van der Waals surface area contributed by atoms with Gasteiger partial charge in [0.2, 0.25) is 0 Å². The molecule has 0 N–H and O–H groups in total. The third-order valence-corrected chi connectivity index (χ3v) is 11.6. The molecule has 3 aliphatic carbocycles. The minimum absolute atomic E-state index is 0.436. The van der Waals surface area contributed by atoms with Crippen molar-refractivity contribution in [1.29, 1.82) is 0 Å². The standard InChI is InChI=1S/C53H39N3/c1-4-17-46-35(3)39-22-15-16-27-47(39)53(46)48-31-28-34(2)32-45(48)42-30-29-38(33-49(42)53)50-54-51(43-25-13-11-23-40(43)36-18-7-5-8-19-36)56-52(55-50)44-26-14-12-24-41(44)37-20-9-6-10-21-37/h4-27,29-34H,1,3,28H2,2H3/b46-17+. The highest BCUT2D eigenvalue weighted by Gasteiger charge is 2.55. The molecule has 1 heterocycles. The van der Waals surface area contributed by atoms with Gasteiger partial charge in [-0.1, -0.05) is 190 Å². The maximum absolute atomic E-state index is 5.35. The Morgan fingerprint density at radius 2 is 1.09 bits per heavy atom. The van der Waals surface area contributed by atoms with Crippen LogP contribution in [0.2, 0.25) is 0 Å². The molecule has 2 atom stereocenters. The van der Waals surface area contributed by atoms with E-state index in [0.29, 0.717) is 23.4 Å². The van der Waals surface area contributed by atoms with Crippen LogP contribution in [0.4, 0.5) is 0 Å². The number of benzene rings is 6. The molecule has 0 fully saturated rings. The Balaban J connectivity index is 1.25. The van der Waals surface area contributed by atoms with Crippen molar-refractivity contribution < 1.29 is 0 Å². The molecule has 1 aromatic heterocycles. The van der Waals surface area contributed by atoms with Crippen LogP contribution in [-0.2, 0) is 5.41 Å². The first-order valence-corrected chi connectivity index (χ1v) is 19.3. The molecule has 1 spiro atoms. The summed E-state index contributed by atoms with van der Waals surface area (Å²) in [5.41, 5.74) is 16.4. The Hall–Kier alpha value is -6.97. The quantitative estimate of drug-likeness (QED) is 0.172. The van der Waals surface area contributed by atoms with E-state index >= 15 is 0 Å². The number of allylic oxidation sites excluding steroid dienone is 8. The highest BCUT2D eigenvalue weighted by molar-refractivity contribution is 6.04. The average molecular weight is 718 g/mol. The van der Waals surface area contributed by atoms with Crippen LogP contribution in [-0.4, -0.2) is 15.0 Å². The van der Waals surface area contributed by atoms with Gasteiger partial charge in [-0.3, -0.25) is 0 Å². The number of aromatic nitrogens is 3. The van der Waals surface area contributed by atoms with E-state index in [1.54, 1.807) is 0 Å². The fraction of sp³-hybridized carbons (Fsp3) is 0.0755. The summed E-state index contributed by atoms with van der Waals surface area (Å²) in [5.74, 6) is 2.31. The van der Waals surface area contributed by atoms with Gasteiger partial charge in [-0.25, -0.2) is 15.0 Å². The topological polar surface area (TPSA) is 38.7 Å². The summed E-state index contributed by atoms with van der Waals surface area (Å²) in [5, 5.41) is 0. The molecule has 0 bridgehead atoms. The van der Waals surface area contributed by atoms with Crippen molar-refractivity contribution in [1.82, 2.24) is 15.0 Å². The zero-order valence-corrected chi connectivity index (χ0v) is 31.3. The van der Waals surface area contributed by atoms with Crippen LogP contribution in [0.5, 0.6) is 0 Å². The van der Waals surface area contributed by atoms with Crippen molar-refractivity contribution in [3.05, 3.63) is 223 Å². The summed E-state index contributed by atoms with van der Waals surface area (Å²) in [7, 11) is 0. The van der Waals surface area contributed by atoms with E-state index in [1.807, 2.05) is 18.2 Å². The molecule has 0 aliphatic heterocycles. The molecular weight excluding hydrogens is 679 g/mol. The second-order valence-electron chi connectivity index (χ2n) is 14.9. The van der Waals surface area contributed by atoms with Gasteiger partial charge in [0.05, 0.1) is 5.41 Å². The van der Waals surface area contributed by atoms with Gasteiger partial charge >= 0.3 is 0 Å². The molecule has 266 valence electrons. The zero-order valence-electron chi connectivity index (χ0n) is 31.3. The second-order valence-corrected chi connectivity index (χ2v) is 14.9. The third-order valence-electron chi connectivity index (χ3n) is 11.6. The number of hydrogen-bond acceptors (Lipinski definition) is 3. The van der Waals surface area contributed by atoms with E-state index in [4.69, 9.17) is 15.0 Å². The second kappa shape index (κ2) is 13.4. The predicted molar refractivity (Wildman–Crippen MR) is 231 cm³/mol. The summed E-state index contributed by atoms with van der Waals surface area (Å²) in [6.45, 7) is 11.2. The van der Waals surface area contributed by atoms with E-state index in [0.717, 1.165) is 50.9 Å². The summed E-state index contributed by atoms with van der Waals surface area (Å²) < 4.78 is 0. The maximum Gasteiger partial charge on any atom is 0.164 e. The molecule has 0 saturated heterocycles. The Bertz CT molecular complexity index is 2720. The maximum atomic E-state index is 5.35. The van der Waals surface area contributed by atoms with E-state index in [-0.39, 0.29) is 0 Å². The molecule has 3 nitrogen and oxygen atoms in total. The minimum Gasteiger partial charge on any atom is -0.208 e. The van der Waals surface area contributed by atoms with E-state index in [1.165, 1.54) is 39.0 Å². The Kier molecular flexibility index (Phi) is 8.04. The first-order valence-electron chi connectivity index (χ1n) is 19.3. The summed E-state index contributed by atoms with van der Waals surface area (Å²) in [6, 6.07) is 53.3. The predicted octanol–water partition coefficient (Wildman–Crippen LogP) is 13.0. The molecule has 6 aromatic carbocycles. The largest absolute Gasteiger partial charge is 0.208 e. The van der Waals surface area contributed by atoms with Crippen LogP contribution in [0.1, 0.15) is 35.6 Å². The fourth-order valence-electron chi connectivity index (χ4n) is 9.17. The van der Waals surface area contributed by atoms with E-state index < -0.39 is 5.41 Å². The van der Waals surface area contributed by atoms with Crippen LogP contribution in [0.3, 0.4) is 0 Å². The molecule has 0 saturated carbocycles. The lowest BCUT2D eigenvalue weighted by molar-refractivity contribution is 0.711. The number of nitrogens with zero attached hydrogens (tertiary/aromatic N) is 3. The molecular formula is C53H39N3. The zero-order chi connectivity index (χ0) is 37.8. The van der Waals surface area contributed by atoms with Crippen molar-refractivity contribution in [2.75, 3.05) is 0 Å². The molecule has 3 heteroatoms. The third kappa shape index (κ3) is 5.16. The van der Waals surface area contributed by atoms with Crippen LogP contribution in [0.15, 0.2) is 200 Å². The number of fused-ring (bicyclic) bond motifs is 7. The van der Waals surface area contributed by atoms with Crippen molar-refractivity contribution in [3.8, 4) is 56.4 Å². The number of rotatable bonds is 6. The molecule has 2 unspecified atom stereocenters. The van der Waals surface area contributed by atoms with Gasteiger partial charge in [0.1, 0.15) is 0 Å². The van der Waals surface area contributed by atoms with Gasteiger partial charge in [0, 0.05) is 16.7 Å². The van der Waals surface area contributed by atoms with Gasteiger partial charge in [0.25, 0.3) is 0 Å². The van der Waals surface area contributed by atoms with Gasteiger partial charge in [0.15, 0.2) is 17.5 Å². The van der Waals surface area contributed by atoms with Gasteiger partial charge in [-0.05, 0) is 85.2 Å². The Morgan fingerprint density at radius 1 is 0.554 bits per heavy atom. The lowest BCUT2D eigenvalue weighted by Crippen LogP contribution is -2.27. The van der Waals surface area contributed by atoms with Crippen molar-refractivity contribution in [3.63, 3.8) is 0 Å². The molecule has 7 aromatic rings. The smallest absolute Gasteiger partial charge is 0.164 e. The highest BCUT2D eigenvalue weighted by atomic mass is 15.0. The highest BCUT2D eigenvalue weighted by Crippen LogP contribution is 2.65. The monoisotopic (exact) mass is 717 g/mol. The molecule has 0 radical (unpaired) electrons. The Morgan fingerprint density at radius 3 is 1.70 bits per heavy atom. The van der Waals surface area contributed by atoms with Gasteiger partial charge in [-0.2, -0.15) is 0 Å².